The zero-order valence-corrected chi connectivity index (χ0v) is 10.3. The van der Waals surface area contributed by atoms with E-state index in [4.69, 9.17) is 5.11 Å². The van der Waals surface area contributed by atoms with Crippen LogP contribution in [-0.4, -0.2) is 28.1 Å². The molecular weight excluding hydrogens is 236 g/mol. The molecule has 1 aromatic carbocycles. The molecule has 0 saturated heterocycles. The predicted octanol–water partition coefficient (Wildman–Crippen LogP) is 1.59. The number of hydrogen-bond acceptors (Lipinski definition) is 4. The molecule has 0 spiro atoms. The van der Waals surface area contributed by atoms with Crippen molar-refractivity contribution in [1.82, 2.24) is 5.32 Å². The maximum absolute atomic E-state index is 10.9. The Morgan fingerprint density at radius 3 is 2.61 bits per heavy atom. The quantitative estimate of drug-likeness (QED) is 0.592. The van der Waals surface area contributed by atoms with Gasteiger partial charge in [-0.1, -0.05) is 18.2 Å². The molecular formula is C12H16N2O4. The van der Waals surface area contributed by atoms with E-state index in [0.717, 1.165) is 0 Å². The average Bonchev–Trinajstić information content (AvgIpc) is 2.29. The number of para-hydroxylation sites is 1. The molecule has 1 aromatic rings. The number of nitrogens with one attached hydrogen (secondary N) is 1. The number of nitro benzene ring substituents is 1. The molecule has 98 valence electrons. The predicted molar refractivity (Wildman–Crippen MR) is 66.5 cm³/mol. The van der Waals surface area contributed by atoms with Gasteiger partial charge in [0.05, 0.1) is 4.92 Å². The van der Waals surface area contributed by atoms with Crippen LogP contribution < -0.4 is 5.32 Å². The first kappa shape index (κ1) is 14.1. The lowest BCUT2D eigenvalue weighted by Gasteiger charge is -2.20. The van der Waals surface area contributed by atoms with Crippen molar-refractivity contribution < 1.29 is 14.8 Å². The number of nitro groups is 1. The highest BCUT2D eigenvalue weighted by molar-refractivity contribution is 5.77. The van der Waals surface area contributed by atoms with Crippen LogP contribution in [0.15, 0.2) is 24.3 Å². The lowest BCUT2D eigenvalue weighted by atomic mass is 10.0. The average molecular weight is 252 g/mol. The molecule has 0 amide bonds. The van der Waals surface area contributed by atoms with E-state index in [9.17, 15) is 14.9 Å². The first-order chi connectivity index (χ1) is 8.34. The van der Waals surface area contributed by atoms with Crippen LogP contribution >= 0.6 is 0 Å². The van der Waals surface area contributed by atoms with Crippen molar-refractivity contribution in [3.63, 3.8) is 0 Å². The summed E-state index contributed by atoms with van der Waals surface area (Å²) in [6.07, 6.45) is 0.411. The van der Waals surface area contributed by atoms with Gasteiger partial charge in [0.1, 0.15) is 5.54 Å². The normalized spacial score (nSPS) is 11.2. The number of benzene rings is 1. The Bertz CT molecular complexity index is 457. The summed E-state index contributed by atoms with van der Waals surface area (Å²) in [5, 5.41) is 22.5. The molecule has 0 aliphatic heterocycles. The molecule has 0 bridgehead atoms. The standard InChI is InChI=1S/C12H16N2O4/c1-12(2,11(15)16)13-8-7-9-5-3-4-6-10(9)14(17)18/h3-6,13H,7-8H2,1-2H3,(H,15,16). The van der Waals surface area contributed by atoms with Crippen LogP contribution in [0.5, 0.6) is 0 Å². The van der Waals surface area contributed by atoms with Crippen LogP contribution in [0.1, 0.15) is 19.4 Å². The molecule has 6 nitrogen and oxygen atoms in total. The number of aliphatic carboxylic acids is 1. The Labute approximate surface area is 105 Å². The van der Waals surface area contributed by atoms with Crippen molar-refractivity contribution in [3.8, 4) is 0 Å². The fraction of sp³-hybridized carbons (Fsp3) is 0.417. The van der Waals surface area contributed by atoms with Gasteiger partial charge in [-0.3, -0.25) is 14.9 Å². The third-order valence-corrected chi connectivity index (χ3v) is 2.68. The molecule has 1 rings (SSSR count). The van der Waals surface area contributed by atoms with Gasteiger partial charge < -0.3 is 10.4 Å². The number of carboxylic acids is 1. The van der Waals surface area contributed by atoms with E-state index < -0.39 is 16.4 Å². The lowest BCUT2D eigenvalue weighted by Crippen LogP contribution is -2.47. The van der Waals surface area contributed by atoms with Crippen LogP contribution in [0.2, 0.25) is 0 Å². The minimum atomic E-state index is -1.04. The van der Waals surface area contributed by atoms with Gasteiger partial charge in [0, 0.05) is 18.2 Å². The molecule has 0 heterocycles. The highest BCUT2D eigenvalue weighted by atomic mass is 16.6. The van der Waals surface area contributed by atoms with E-state index in [0.29, 0.717) is 18.5 Å². The molecule has 0 aromatic heterocycles. The van der Waals surface area contributed by atoms with Crippen LogP contribution in [0.25, 0.3) is 0 Å². The highest BCUT2D eigenvalue weighted by Crippen LogP contribution is 2.17. The molecule has 0 atom stereocenters. The fourth-order valence-electron chi connectivity index (χ4n) is 1.49. The van der Waals surface area contributed by atoms with Gasteiger partial charge in [-0.15, -0.1) is 0 Å². The van der Waals surface area contributed by atoms with Gasteiger partial charge in [0.25, 0.3) is 5.69 Å². The van der Waals surface area contributed by atoms with Crippen molar-refractivity contribution in [3.05, 3.63) is 39.9 Å². The molecule has 2 N–H and O–H groups in total. The minimum Gasteiger partial charge on any atom is -0.480 e. The summed E-state index contributed by atoms with van der Waals surface area (Å²) in [5.74, 6) is -0.954. The van der Waals surface area contributed by atoms with E-state index in [2.05, 4.69) is 5.32 Å². The molecule has 18 heavy (non-hydrogen) atoms. The van der Waals surface area contributed by atoms with Crippen LogP contribution in [0, 0.1) is 10.1 Å². The number of hydrogen-bond donors (Lipinski definition) is 2. The molecule has 0 fully saturated rings. The summed E-state index contributed by atoms with van der Waals surface area (Å²) in [6, 6.07) is 6.45. The van der Waals surface area contributed by atoms with E-state index >= 15 is 0 Å². The van der Waals surface area contributed by atoms with Crippen LogP contribution in [-0.2, 0) is 11.2 Å². The third kappa shape index (κ3) is 3.53. The molecule has 0 aliphatic carbocycles. The summed E-state index contributed by atoms with van der Waals surface area (Å²) < 4.78 is 0. The lowest BCUT2D eigenvalue weighted by molar-refractivity contribution is -0.385. The first-order valence-corrected chi connectivity index (χ1v) is 5.55. The zero-order valence-electron chi connectivity index (χ0n) is 10.3. The van der Waals surface area contributed by atoms with Crippen molar-refractivity contribution in [1.29, 1.82) is 0 Å². The van der Waals surface area contributed by atoms with E-state index in [1.165, 1.54) is 6.07 Å². The monoisotopic (exact) mass is 252 g/mol. The van der Waals surface area contributed by atoms with Gasteiger partial charge in [0.2, 0.25) is 0 Å². The van der Waals surface area contributed by atoms with Gasteiger partial charge in [-0.25, -0.2) is 0 Å². The second-order valence-corrected chi connectivity index (χ2v) is 4.49. The van der Waals surface area contributed by atoms with Crippen molar-refractivity contribution in [2.75, 3.05) is 6.54 Å². The Morgan fingerprint density at radius 2 is 2.06 bits per heavy atom. The van der Waals surface area contributed by atoms with Crippen LogP contribution in [0.3, 0.4) is 0 Å². The number of rotatable bonds is 6. The molecule has 6 heteroatoms. The van der Waals surface area contributed by atoms with Crippen molar-refractivity contribution >= 4 is 11.7 Å². The number of nitrogens with zero attached hydrogens (tertiary/aromatic N) is 1. The van der Waals surface area contributed by atoms with Gasteiger partial charge >= 0.3 is 5.97 Å². The smallest absolute Gasteiger partial charge is 0.323 e. The SMILES string of the molecule is CC(C)(NCCc1ccccc1[N+](=O)[O-])C(=O)O. The van der Waals surface area contributed by atoms with Crippen molar-refractivity contribution in [2.24, 2.45) is 0 Å². The first-order valence-electron chi connectivity index (χ1n) is 5.55. The third-order valence-electron chi connectivity index (χ3n) is 2.68. The Kier molecular flexibility index (Phi) is 4.38. The van der Waals surface area contributed by atoms with Crippen LogP contribution in [0.4, 0.5) is 5.69 Å². The van der Waals surface area contributed by atoms with Gasteiger partial charge in [-0.2, -0.15) is 0 Å². The summed E-state index contributed by atoms with van der Waals surface area (Å²) >= 11 is 0. The summed E-state index contributed by atoms with van der Waals surface area (Å²) in [4.78, 5) is 21.2. The summed E-state index contributed by atoms with van der Waals surface area (Å²) in [6.45, 7) is 3.47. The van der Waals surface area contributed by atoms with E-state index in [1.807, 2.05) is 0 Å². The van der Waals surface area contributed by atoms with E-state index in [1.54, 1.807) is 32.0 Å². The number of carboxylic acid groups (broad SMARTS) is 1. The van der Waals surface area contributed by atoms with Crippen molar-refractivity contribution in [2.45, 2.75) is 25.8 Å². The zero-order chi connectivity index (χ0) is 13.8. The Morgan fingerprint density at radius 1 is 1.44 bits per heavy atom. The topological polar surface area (TPSA) is 92.5 Å². The maximum Gasteiger partial charge on any atom is 0.323 e. The molecule has 0 radical (unpaired) electrons. The summed E-state index contributed by atoms with van der Waals surface area (Å²) in [5.41, 5.74) is -0.382. The molecule has 0 unspecified atom stereocenters. The second-order valence-electron chi connectivity index (χ2n) is 4.49. The van der Waals surface area contributed by atoms with Gasteiger partial charge in [0.15, 0.2) is 0 Å². The largest absolute Gasteiger partial charge is 0.480 e. The molecule has 0 aliphatic rings. The van der Waals surface area contributed by atoms with Gasteiger partial charge in [-0.05, 0) is 20.3 Å². The highest BCUT2D eigenvalue weighted by Gasteiger charge is 2.26. The Balaban J connectivity index is 2.65. The van der Waals surface area contributed by atoms with E-state index in [-0.39, 0.29) is 5.69 Å². The molecule has 0 saturated carbocycles. The Hall–Kier alpha value is -1.95. The minimum absolute atomic E-state index is 0.0624. The fourth-order valence-corrected chi connectivity index (χ4v) is 1.49. The number of carbonyl (C=O) groups is 1. The maximum atomic E-state index is 10.9. The summed E-state index contributed by atoms with van der Waals surface area (Å²) in [7, 11) is 0. The second kappa shape index (κ2) is 5.59.